The molecule has 0 aliphatic carbocycles. The Labute approximate surface area is 130 Å². The summed E-state index contributed by atoms with van der Waals surface area (Å²) < 4.78 is 0. The number of amides is 1. The summed E-state index contributed by atoms with van der Waals surface area (Å²) in [5.74, 6) is 0.0102. The van der Waals surface area contributed by atoms with E-state index in [4.69, 9.17) is 23.2 Å². The lowest BCUT2D eigenvalue weighted by Crippen LogP contribution is -2.14. The zero-order valence-corrected chi connectivity index (χ0v) is 12.9. The average Bonchev–Trinajstić information content (AvgIpc) is 2.41. The largest absolute Gasteiger partial charge is 0.324 e. The third-order valence-electron chi connectivity index (χ3n) is 2.31. The van der Waals surface area contributed by atoms with E-state index >= 15 is 0 Å². The molecule has 1 amide bonds. The highest BCUT2D eigenvalue weighted by molar-refractivity contribution is 7.99. The number of carbonyl (C=O) groups excluding carboxylic acids is 1. The number of aromatic nitrogens is 2. The summed E-state index contributed by atoms with van der Waals surface area (Å²) in [6.45, 7) is 1.87. The first kappa shape index (κ1) is 15.1. The van der Waals surface area contributed by atoms with Gasteiger partial charge in [-0.15, -0.1) is 0 Å². The van der Waals surface area contributed by atoms with Gasteiger partial charge in [0.05, 0.1) is 16.5 Å². The first-order chi connectivity index (χ1) is 9.54. The van der Waals surface area contributed by atoms with E-state index in [0.717, 1.165) is 5.69 Å². The molecule has 0 saturated heterocycles. The predicted octanol–water partition coefficient (Wildman–Crippen LogP) is 3.82. The lowest BCUT2D eigenvalue weighted by atomic mass is 10.3. The highest BCUT2D eigenvalue weighted by atomic mass is 35.5. The smallest absolute Gasteiger partial charge is 0.234 e. The molecule has 0 saturated carbocycles. The second-order valence-corrected chi connectivity index (χ2v) is 5.73. The predicted molar refractivity (Wildman–Crippen MR) is 82.6 cm³/mol. The topological polar surface area (TPSA) is 54.9 Å². The fraction of sp³-hybridized carbons (Fsp3) is 0.154. The fourth-order valence-corrected chi connectivity index (χ4v) is 2.42. The Morgan fingerprint density at radius 3 is 2.90 bits per heavy atom. The normalized spacial score (nSPS) is 10.3. The molecule has 1 aromatic heterocycles. The van der Waals surface area contributed by atoms with E-state index in [9.17, 15) is 4.79 Å². The molecule has 0 radical (unpaired) electrons. The number of benzene rings is 1. The molecule has 1 heterocycles. The number of nitrogens with zero attached hydrogens (tertiary/aromatic N) is 2. The lowest BCUT2D eigenvalue weighted by molar-refractivity contribution is -0.113. The van der Waals surface area contributed by atoms with Crippen molar-refractivity contribution >= 4 is 46.6 Å². The maximum absolute atomic E-state index is 11.8. The number of hydrogen-bond acceptors (Lipinski definition) is 4. The minimum atomic E-state index is -0.190. The van der Waals surface area contributed by atoms with Crippen molar-refractivity contribution in [1.29, 1.82) is 0 Å². The summed E-state index contributed by atoms with van der Waals surface area (Å²) in [4.78, 5) is 20.1. The van der Waals surface area contributed by atoms with Gasteiger partial charge < -0.3 is 5.32 Å². The van der Waals surface area contributed by atoms with E-state index in [1.807, 2.05) is 6.92 Å². The van der Waals surface area contributed by atoms with Gasteiger partial charge in [0.1, 0.15) is 0 Å². The van der Waals surface area contributed by atoms with Crippen LogP contribution in [0.3, 0.4) is 0 Å². The summed E-state index contributed by atoms with van der Waals surface area (Å²) >= 11 is 13.1. The van der Waals surface area contributed by atoms with Crippen LogP contribution in [0.2, 0.25) is 10.0 Å². The molecule has 0 spiro atoms. The van der Waals surface area contributed by atoms with E-state index in [-0.39, 0.29) is 11.7 Å². The van der Waals surface area contributed by atoms with Crippen molar-refractivity contribution in [2.75, 3.05) is 11.1 Å². The summed E-state index contributed by atoms with van der Waals surface area (Å²) in [6, 6.07) is 6.71. The van der Waals surface area contributed by atoms with Gasteiger partial charge in [-0.25, -0.2) is 9.97 Å². The summed E-state index contributed by atoms with van der Waals surface area (Å²) in [5, 5.41) is 4.23. The average molecular weight is 328 g/mol. The van der Waals surface area contributed by atoms with Gasteiger partial charge in [0.2, 0.25) is 5.91 Å². The second kappa shape index (κ2) is 6.92. The van der Waals surface area contributed by atoms with Gasteiger partial charge in [-0.2, -0.15) is 0 Å². The molecule has 4 nitrogen and oxygen atoms in total. The molecule has 0 aliphatic heterocycles. The molecule has 0 fully saturated rings. The van der Waals surface area contributed by atoms with Crippen molar-refractivity contribution in [2.24, 2.45) is 0 Å². The maximum atomic E-state index is 11.8. The minimum absolute atomic E-state index is 0.190. The van der Waals surface area contributed by atoms with Crippen LogP contribution in [-0.4, -0.2) is 21.6 Å². The monoisotopic (exact) mass is 327 g/mol. The number of nitrogens with one attached hydrogen (secondary N) is 1. The number of hydrogen-bond donors (Lipinski definition) is 1. The first-order valence-corrected chi connectivity index (χ1v) is 7.46. The van der Waals surface area contributed by atoms with Crippen LogP contribution >= 0.6 is 35.0 Å². The Morgan fingerprint density at radius 1 is 1.35 bits per heavy atom. The number of aryl methyl sites for hydroxylation is 1. The quantitative estimate of drug-likeness (QED) is 0.685. The Hall–Kier alpha value is -1.30. The lowest BCUT2D eigenvalue weighted by Gasteiger charge is -2.07. The zero-order valence-electron chi connectivity index (χ0n) is 10.6. The first-order valence-electron chi connectivity index (χ1n) is 5.72. The molecule has 104 valence electrons. The number of thioether (sulfide) groups is 1. The van der Waals surface area contributed by atoms with E-state index in [0.29, 0.717) is 20.9 Å². The van der Waals surface area contributed by atoms with Crippen LogP contribution in [0.4, 0.5) is 5.69 Å². The molecule has 20 heavy (non-hydrogen) atoms. The van der Waals surface area contributed by atoms with Crippen molar-refractivity contribution in [3.8, 4) is 0 Å². The van der Waals surface area contributed by atoms with Crippen molar-refractivity contribution in [2.45, 2.75) is 12.1 Å². The van der Waals surface area contributed by atoms with Crippen molar-refractivity contribution < 1.29 is 4.79 Å². The summed E-state index contributed by atoms with van der Waals surface area (Å²) in [6.07, 6.45) is 1.66. The molecule has 2 aromatic rings. The van der Waals surface area contributed by atoms with Crippen LogP contribution in [0, 0.1) is 6.92 Å². The number of rotatable bonds is 4. The van der Waals surface area contributed by atoms with Gasteiger partial charge in [0.25, 0.3) is 0 Å². The van der Waals surface area contributed by atoms with Crippen LogP contribution < -0.4 is 5.32 Å². The van der Waals surface area contributed by atoms with Crippen molar-refractivity contribution in [1.82, 2.24) is 9.97 Å². The Bertz CT molecular complexity index is 637. The van der Waals surface area contributed by atoms with Gasteiger partial charge in [-0.3, -0.25) is 4.79 Å². The summed E-state index contributed by atoms with van der Waals surface area (Å²) in [7, 11) is 0. The van der Waals surface area contributed by atoms with Crippen molar-refractivity contribution in [3.63, 3.8) is 0 Å². The molecule has 7 heteroatoms. The molecular weight excluding hydrogens is 317 g/mol. The third kappa shape index (κ3) is 4.37. The van der Waals surface area contributed by atoms with E-state index in [2.05, 4.69) is 15.3 Å². The third-order valence-corrected chi connectivity index (χ3v) is 3.73. The maximum Gasteiger partial charge on any atom is 0.234 e. The SMILES string of the molecule is Cc1ccnc(SCC(=O)Nc2cc(Cl)ccc2Cl)n1. The van der Waals surface area contributed by atoms with E-state index in [1.54, 1.807) is 30.5 Å². The van der Waals surface area contributed by atoms with Crippen LogP contribution in [-0.2, 0) is 4.79 Å². The highest BCUT2D eigenvalue weighted by Gasteiger charge is 2.08. The van der Waals surface area contributed by atoms with Gasteiger partial charge in [-0.05, 0) is 31.2 Å². The number of halogens is 2. The van der Waals surface area contributed by atoms with Crippen LogP contribution in [0.25, 0.3) is 0 Å². The molecule has 1 aromatic carbocycles. The van der Waals surface area contributed by atoms with Crippen LogP contribution in [0.1, 0.15) is 5.69 Å². The van der Waals surface area contributed by atoms with E-state index in [1.165, 1.54) is 11.8 Å². The van der Waals surface area contributed by atoms with Gasteiger partial charge in [0.15, 0.2) is 5.16 Å². The molecule has 0 aliphatic rings. The number of anilines is 1. The van der Waals surface area contributed by atoms with Crippen LogP contribution in [0.5, 0.6) is 0 Å². The fourth-order valence-electron chi connectivity index (χ4n) is 1.41. The van der Waals surface area contributed by atoms with Crippen LogP contribution in [0.15, 0.2) is 35.6 Å². The molecule has 0 bridgehead atoms. The highest BCUT2D eigenvalue weighted by Crippen LogP contribution is 2.25. The Balaban J connectivity index is 1.94. The molecule has 1 N–H and O–H groups in total. The van der Waals surface area contributed by atoms with Gasteiger partial charge in [-0.1, -0.05) is 35.0 Å². The molecule has 0 unspecified atom stereocenters. The summed E-state index contributed by atoms with van der Waals surface area (Å²) in [5.41, 5.74) is 1.36. The molecular formula is C13H11Cl2N3OS. The Kier molecular flexibility index (Phi) is 5.23. The minimum Gasteiger partial charge on any atom is -0.324 e. The Morgan fingerprint density at radius 2 is 2.15 bits per heavy atom. The van der Waals surface area contributed by atoms with Crippen molar-refractivity contribution in [3.05, 3.63) is 46.2 Å². The van der Waals surface area contributed by atoms with E-state index < -0.39 is 0 Å². The van der Waals surface area contributed by atoms with Gasteiger partial charge in [0, 0.05) is 16.9 Å². The van der Waals surface area contributed by atoms with Gasteiger partial charge >= 0.3 is 0 Å². The second-order valence-electron chi connectivity index (χ2n) is 3.94. The zero-order chi connectivity index (χ0) is 14.5. The number of carbonyl (C=O) groups is 1. The molecule has 0 atom stereocenters. The standard InChI is InChI=1S/C13H11Cl2N3OS/c1-8-4-5-16-13(17-8)20-7-12(19)18-11-6-9(14)2-3-10(11)15/h2-6H,7H2,1H3,(H,18,19). The molecule has 2 rings (SSSR count).